The van der Waals surface area contributed by atoms with Crippen LogP contribution in [0.2, 0.25) is 0 Å². The van der Waals surface area contributed by atoms with Crippen molar-refractivity contribution >= 4 is 18.2 Å². The first-order valence-electron chi connectivity index (χ1n) is 6.67. The molecule has 1 aromatic rings. The Kier molecular flexibility index (Phi) is 6.48. The van der Waals surface area contributed by atoms with Crippen molar-refractivity contribution in [3.63, 3.8) is 0 Å². The molecule has 0 aliphatic carbocycles. The number of hydrogen-bond donors (Lipinski definition) is 1. The molecule has 0 radical (unpaired) electrons. The molecule has 20 heavy (non-hydrogen) atoms. The van der Waals surface area contributed by atoms with Crippen LogP contribution in [0, 0.1) is 6.92 Å². The first-order chi connectivity index (χ1) is 9.69. The summed E-state index contributed by atoms with van der Waals surface area (Å²) in [5.41, 5.74) is 5.21. The number of benzene rings is 1. The van der Waals surface area contributed by atoms with E-state index in [1.165, 1.54) is 0 Å². The molecule has 0 bridgehead atoms. The first-order valence-corrected chi connectivity index (χ1v) is 6.67. The van der Waals surface area contributed by atoms with Gasteiger partial charge in [-0.15, -0.1) is 0 Å². The monoisotopic (exact) mass is 266 g/mol. The molecule has 1 rings (SSSR count). The van der Waals surface area contributed by atoms with E-state index in [0.29, 0.717) is 0 Å². The van der Waals surface area contributed by atoms with Crippen LogP contribution < -0.4 is 0 Å². The van der Waals surface area contributed by atoms with Gasteiger partial charge in [0.15, 0.2) is 0 Å². The molecule has 0 unspecified atom stereocenters. The summed E-state index contributed by atoms with van der Waals surface area (Å²) in [6.07, 6.45) is 15.4. The Labute approximate surface area is 122 Å². The Balaban J connectivity index is 3.49. The molecular formula is C19H22O. The van der Waals surface area contributed by atoms with E-state index in [0.717, 1.165) is 27.8 Å². The molecule has 0 aromatic heterocycles. The lowest BCUT2D eigenvalue weighted by Crippen LogP contribution is -1.98. The first kappa shape index (κ1) is 15.9. The summed E-state index contributed by atoms with van der Waals surface area (Å²) in [6.45, 7) is 11.6. The molecule has 0 heterocycles. The van der Waals surface area contributed by atoms with E-state index in [-0.39, 0.29) is 6.61 Å². The van der Waals surface area contributed by atoms with Gasteiger partial charge in [0.25, 0.3) is 0 Å². The fourth-order valence-corrected chi connectivity index (χ4v) is 2.15. The largest absolute Gasteiger partial charge is 0.392 e. The van der Waals surface area contributed by atoms with Crippen LogP contribution in [0.1, 0.15) is 34.7 Å². The third-order valence-corrected chi connectivity index (χ3v) is 3.15. The van der Waals surface area contributed by atoms with Gasteiger partial charge in [0.1, 0.15) is 0 Å². The maximum Gasteiger partial charge on any atom is 0.0687 e. The zero-order chi connectivity index (χ0) is 15.0. The fraction of sp³-hybridized carbons (Fsp3) is 0.158. The van der Waals surface area contributed by atoms with Gasteiger partial charge in [0, 0.05) is 0 Å². The van der Waals surface area contributed by atoms with Gasteiger partial charge in [0.05, 0.1) is 6.61 Å². The lowest BCUT2D eigenvalue weighted by Gasteiger charge is -2.14. The zero-order valence-corrected chi connectivity index (χ0v) is 12.3. The Morgan fingerprint density at radius 2 is 1.85 bits per heavy atom. The van der Waals surface area contributed by atoms with Crippen molar-refractivity contribution in [2.45, 2.75) is 20.5 Å². The van der Waals surface area contributed by atoms with Gasteiger partial charge in [-0.1, -0.05) is 61.8 Å². The van der Waals surface area contributed by atoms with Gasteiger partial charge in [-0.3, -0.25) is 0 Å². The minimum absolute atomic E-state index is 0.0134. The standard InChI is InChI=1S/C19H22O/c1-5-8-10-11-16-13-17(14-20)19(12-9-6-2)15(4)18(16)7-3/h5-13,20H,2-3,14H2,1,4H3/b8-5-,11-10-,12-9-. The number of hydrogen-bond acceptors (Lipinski definition) is 1. The maximum atomic E-state index is 9.58. The lowest BCUT2D eigenvalue weighted by atomic mass is 9.92. The second-order valence-corrected chi connectivity index (χ2v) is 4.42. The third-order valence-electron chi connectivity index (χ3n) is 3.15. The molecule has 1 heteroatoms. The van der Waals surface area contributed by atoms with Gasteiger partial charge in [-0.05, 0) is 47.7 Å². The van der Waals surface area contributed by atoms with Crippen molar-refractivity contribution in [3.8, 4) is 0 Å². The number of rotatable bonds is 6. The van der Waals surface area contributed by atoms with Crippen LogP contribution in [0.5, 0.6) is 0 Å². The summed E-state index contributed by atoms with van der Waals surface area (Å²) in [5, 5.41) is 9.58. The van der Waals surface area contributed by atoms with Gasteiger partial charge >= 0.3 is 0 Å². The van der Waals surface area contributed by atoms with Gasteiger partial charge < -0.3 is 5.11 Å². The van der Waals surface area contributed by atoms with Gasteiger partial charge in [-0.25, -0.2) is 0 Å². The van der Waals surface area contributed by atoms with E-state index in [1.54, 1.807) is 6.08 Å². The molecular weight excluding hydrogens is 244 g/mol. The summed E-state index contributed by atoms with van der Waals surface area (Å²) in [4.78, 5) is 0. The molecule has 1 nitrogen and oxygen atoms in total. The minimum atomic E-state index is 0.0134. The molecule has 1 aromatic carbocycles. The maximum absolute atomic E-state index is 9.58. The molecule has 0 spiro atoms. The highest BCUT2D eigenvalue weighted by Gasteiger charge is 2.09. The molecule has 0 saturated carbocycles. The van der Waals surface area contributed by atoms with Crippen LogP contribution in [-0.2, 0) is 6.61 Å². The van der Waals surface area contributed by atoms with E-state index < -0.39 is 0 Å². The topological polar surface area (TPSA) is 20.2 Å². The second-order valence-electron chi connectivity index (χ2n) is 4.42. The number of aliphatic hydroxyl groups excluding tert-OH is 1. The molecule has 0 aliphatic heterocycles. The van der Waals surface area contributed by atoms with E-state index in [2.05, 4.69) is 13.2 Å². The minimum Gasteiger partial charge on any atom is -0.392 e. The number of allylic oxidation sites excluding steroid dienone is 5. The Morgan fingerprint density at radius 3 is 2.40 bits per heavy atom. The summed E-state index contributed by atoms with van der Waals surface area (Å²) in [7, 11) is 0. The molecule has 0 saturated heterocycles. The molecule has 0 atom stereocenters. The summed E-state index contributed by atoms with van der Waals surface area (Å²) >= 11 is 0. The van der Waals surface area contributed by atoms with Gasteiger partial charge in [0.2, 0.25) is 0 Å². The molecule has 0 amide bonds. The predicted octanol–water partition coefficient (Wildman–Crippen LogP) is 4.92. The summed E-state index contributed by atoms with van der Waals surface area (Å²) < 4.78 is 0. The van der Waals surface area contributed by atoms with Crippen LogP contribution in [0.25, 0.3) is 18.2 Å². The van der Waals surface area contributed by atoms with E-state index in [4.69, 9.17) is 0 Å². The van der Waals surface area contributed by atoms with Crippen LogP contribution in [0.15, 0.2) is 49.6 Å². The van der Waals surface area contributed by atoms with Crippen molar-refractivity contribution in [2.24, 2.45) is 0 Å². The summed E-state index contributed by atoms with van der Waals surface area (Å²) in [5.74, 6) is 0. The van der Waals surface area contributed by atoms with Crippen molar-refractivity contribution < 1.29 is 5.11 Å². The Morgan fingerprint density at radius 1 is 1.10 bits per heavy atom. The second kappa shape index (κ2) is 8.13. The predicted molar refractivity (Wildman–Crippen MR) is 90.3 cm³/mol. The van der Waals surface area contributed by atoms with Crippen LogP contribution in [-0.4, -0.2) is 5.11 Å². The highest BCUT2D eigenvalue weighted by molar-refractivity contribution is 5.74. The SMILES string of the molecule is C=C/C=C\c1c(CO)cc(/C=C\C=C/C)c(C=C)c1C. The van der Waals surface area contributed by atoms with Crippen molar-refractivity contribution in [3.05, 3.63) is 77.4 Å². The molecule has 1 N–H and O–H groups in total. The summed E-state index contributed by atoms with van der Waals surface area (Å²) in [6, 6.07) is 2.01. The average molecular weight is 266 g/mol. The lowest BCUT2D eigenvalue weighted by molar-refractivity contribution is 0.281. The Hall–Kier alpha value is -2.12. The molecule has 0 aliphatic rings. The number of aliphatic hydroxyl groups is 1. The van der Waals surface area contributed by atoms with Crippen molar-refractivity contribution in [1.82, 2.24) is 0 Å². The van der Waals surface area contributed by atoms with Crippen LogP contribution in [0.3, 0.4) is 0 Å². The highest BCUT2D eigenvalue weighted by atomic mass is 16.3. The van der Waals surface area contributed by atoms with E-state index >= 15 is 0 Å². The third kappa shape index (κ3) is 3.69. The van der Waals surface area contributed by atoms with Crippen LogP contribution in [0.4, 0.5) is 0 Å². The smallest absolute Gasteiger partial charge is 0.0687 e. The normalized spacial score (nSPS) is 11.8. The van der Waals surface area contributed by atoms with Crippen LogP contribution >= 0.6 is 0 Å². The van der Waals surface area contributed by atoms with E-state index in [9.17, 15) is 5.11 Å². The van der Waals surface area contributed by atoms with Crippen molar-refractivity contribution in [1.29, 1.82) is 0 Å². The molecule has 0 fully saturated rings. The average Bonchev–Trinajstić information content (AvgIpc) is 2.46. The molecule has 104 valence electrons. The van der Waals surface area contributed by atoms with E-state index in [1.807, 2.05) is 62.4 Å². The highest BCUT2D eigenvalue weighted by Crippen LogP contribution is 2.26. The Bertz CT molecular complexity index is 572. The quantitative estimate of drug-likeness (QED) is 0.725. The van der Waals surface area contributed by atoms with Crippen molar-refractivity contribution in [2.75, 3.05) is 0 Å². The van der Waals surface area contributed by atoms with Gasteiger partial charge in [-0.2, -0.15) is 0 Å². The fourth-order valence-electron chi connectivity index (χ4n) is 2.15. The zero-order valence-electron chi connectivity index (χ0n) is 12.3.